The van der Waals surface area contributed by atoms with E-state index in [1.54, 1.807) is 10.4 Å². The van der Waals surface area contributed by atoms with Crippen molar-refractivity contribution in [2.75, 3.05) is 13.7 Å². The van der Waals surface area contributed by atoms with E-state index in [4.69, 9.17) is 4.74 Å². The van der Waals surface area contributed by atoms with Crippen molar-refractivity contribution in [3.8, 4) is 0 Å². The topological polar surface area (TPSA) is 21.3 Å². The molecule has 2 aliphatic rings. The van der Waals surface area contributed by atoms with Crippen molar-refractivity contribution >= 4 is 11.3 Å². The molecule has 0 spiro atoms. The Morgan fingerprint density at radius 2 is 2.35 bits per heavy atom. The standard InChI is InChI=1S/C17H27NOS/c1-18-16(8-2-5-13-6-4-11-19-13)14-7-3-9-17-15(14)10-12-20-17/h10,12-14,16,18H,2-9,11H2,1H3. The normalized spacial score (nSPS) is 27.4. The van der Waals surface area contributed by atoms with E-state index in [1.807, 2.05) is 11.3 Å². The van der Waals surface area contributed by atoms with E-state index in [-0.39, 0.29) is 0 Å². The highest BCUT2D eigenvalue weighted by Crippen LogP contribution is 2.38. The van der Waals surface area contributed by atoms with Crippen molar-refractivity contribution in [1.82, 2.24) is 5.32 Å². The zero-order chi connectivity index (χ0) is 13.8. The number of nitrogens with one attached hydrogen (secondary N) is 1. The highest BCUT2D eigenvalue weighted by atomic mass is 32.1. The molecule has 0 aromatic carbocycles. The van der Waals surface area contributed by atoms with Crippen LogP contribution in [0.25, 0.3) is 0 Å². The van der Waals surface area contributed by atoms with E-state index < -0.39 is 0 Å². The van der Waals surface area contributed by atoms with Gasteiger partial charge in [0, 0.05) is 23.4 Å². The van der Waals surface area contributed by atoms with Crippen molar-refractivity contribution in [3.05, 3.63) is 21.9 Å². The van der Waals surface area contributed by atoms with Crippen LogP contribution in [0.5, 0.6) is 0 Å². The molecule has 1 aliphatic heterocycles. The smallest absolute Gasteiger partial charge is 0.0576 e. The van der Waals surface area contributed by atoms with Gasteiger partial charge in [0.2, 0.25) is 0 Å². The molecule has 2 nitrogen and oxygen atoms in total. The van der Waals surface area contributed by atoms with Crippen molar-refractivity contribution in [2.45, 2.75) is 69.4 Å². The first kappa shape index (κ1) is 14.6. The summed E-state index contributed by atoms with van der Waals surface area (Å²) in [5, 5.41) is 5.87. The summed E-state index contributed by atoms with van der Waals surface area (Å²) in [5.74, 6) is 0.736. The van der Waals surface area contributed by atoms with Crippen LogP contribution >= 0.6 is 11.3 Å². The molecule has 0 bridgehead atoms. The second-order valence-electron chi connectivity index (χ2n) is 6.26. The average molecular weight is 293 g/mol. The predicted molar refractivity (Wildman–Crippen MR) is 85.7 cm³/mol. The summed E-state index contributed by atoms with van der Waals surface area (Å²) in [6.45, 7) is 0.987. The quantitative estimate of drug-likeness (QED) is 0.852. The first-order valence-corrected chi connectivity index (χ1v) is 9.11. The van der Waals surface area contributed by atoms with Gasteiger partial charge in [0.25, 0.3) is 0 Å². The van der Waals surface area contributed by atoms with Crippen molar-refractivity contribution < 1.29 is 4.74 Å². The van der Waals surface area contributed by atoms with E-state index in [0.717, 1.165) is 12.5 Å². The van der Waals surface area contributed by atoms with Crippen LogP contribution in [0.4, 0.5) is 0 Å². The molecule has 3 unspecified atom stereocenters. The van der Waals surface area contributed by atoms with E-state index in [9.17, 15) is 0 Å². The van der Waals surface area contributed by atoms with Crippen LogP contribution in [0.3, 0.4) is 0 Å². The average Bonchev–Trinajstić information content (AvgIpc) is 3.14. The summed E-state index contributed by atoms with van der Waals surface area (Å²) in [5.41, 5.74) is 1.64. The Morgan fingerprint density at radius 1 is 1.40 bits per heavy atom. The Bertz CT molecular complexity index is 411. The third kappa shape index (κ3) is 3.26. The van der Waals surface area contributed by atoms with Crippen LogP contribution in [0.15, 0.2) is 11.4 Å². The van der Waals surface area contributed by atoms with Gasteiger partial charge in [-0.1, -0.05) is 0 Å². The molecule has 1 aromatic heterocycles. The van der Waals surface area contributed by atoms with Crippen molar-refractivity contribution in [2.24, 2.45) is 0 Å². The minimum absolute atomic E-state index is 0.551. The van der Waals surface area contributed by atoms with Crippen LogP contribution in [-0.4, -0.2) is 25.8 Å². The molecule has 1 aliphatic carbocycles. The summed E-state index contributed by atoms with van der Waals surface area (Å²) in [6.07, 6.45) is 11.0. The zero-order valence-electron chi connectivity index (χ0n) is 12.6. The summed E-state index contributed by atoms with van der Waals surface area (Å²) in [4.78, 5) is 1.64. The van der Waals surface area contributed by atoms with Crippen molar-refractivity contribution in [3.63, 3.8) is 0 Å². The molecular weight excluding hydrogens is 266 g/mol. The number of ether oxygens (including phenoxy) is 1. The van der Waals surface area contributed by atoms with Crippen LogP contribution in [-0.2, 0) is 11.2 Å². The zero-order valence-corrected chi connectivity index (χ0v) is 13.4. The third-order valence-electron chi connectivity index (χ3n) is 5.02. The Labute approximate surface area is 126 Å². The lowest BCUT2D eigenvalue weighted by Gasteiger charge is -2.31. The first-order valence-electron chi connectivity index (χ1n) is 8.23. The van der Waals surface area contributed by atoms with Gasteiger partial charge in [0.1, 0.15) is 0 Å². The molecule has 3 rings (SSSR count). The van der Waals surface area contributed by atoms with Gasteiger partial charge in [-0.3, -0.25) is 0 Å². The molecule has 1 N–H and O–H groups in total. The Balaban J connectivity index is 1.54. The van der Waals surface area contributed by atoms with Gasteiger partial charge in [-0.05, 0) is 75.4 Å². The third-order valence-corrected chi connectivity index (χ3v) is 6.02. The number of fused-ring (bicyclic) bond motifs is 1. The van der Waals surface area contributed by atoms with Gasteiger partial charge >= 0.3 is 0 Å². The fourth-order valence-electron chi connectivity index (χ4n) is 3.92. The molecule has 112 valence electrons. The Kier molecular flexibility index (Phi) is 5.14. The molecule has 0 saturated carbocycles. The fourth-order valence-corrected chi connectivity index (χ4v) is 4.92. The van der Waals surface area contributed by atoms with Crippen molar-refractivity contribution in [1.29, 1.82) is 0 Å². The van der Waals surface area contributed by atoms with Crippen LogP contribution in [0.1, 0.15) is 61.3 Å². The van der Waals surface area contributed by atoms with E-state index in [0.29, 0.717) is 12.1 Å². The number of hydrogen-bond donors (Lipinski definition) is 1. The minimum Gasteiger partial charge on any atom is -0.378 e. The number of aryl methyl sites for hydroxylation is 1. The second kappa shape index (κ2) is 7.06. The summed E-state index contributed by atoms with van der Waals surface area (Å²) in [7, 11) is 2.14. The Hall–Kier alpha value is -0.380. The van der Waals surface area contributed by atoms with Gasteiger partial charge in [0.15, 0.2) is 0 Å². The van der Waals surface area contributed by atoms with Crippen LogP contribution in [0.2, 0.25) is 0 Å². The maximum atomic E-state index is 5.74. The van der Waals surface area contributed by atoms with Gasteiger partial charge in [-0.25, -0.2) is 0 Å². The molecule has 3 atom stereocenters. The van der Waals surface area contributed by atoms with Gasteiger partial charge < -0.3 is 10.1 Å². The number of rotatable bonds is 6. The molecule has 1 aromatic rings. The fraction of sp³-hybridized carbons (Fsp3) is 0.765. The first-order chi connectivity index (χ1) is 9.88. The maximum Gasteiger partial charge on any atom is 0.0576 e. The monoisotopic (exact) mass is 293 g/mol. The number of hydrogen-bond acceptors (Lipinski definition) is 3. The van der Waals surface area contributed by atoms with E-state index in [1.165, 1.54) is 51.4 Å². The van der Waals surface area contributed by atoms with E-state index in [2.05, 4.69) is 23.8 Å². The van der Waals surface area contributed by atoms with E-state index >= 15 is 0 Å². The maximum absolute atomic E-state index is 5.74. The number of likely N-dealkylation sites (N-methyl/N-ethyl adjacent to an activating group) is 1. The minimum atomic E-state index is 0.551. The van der Waals surface area contributed by atoms with Gasteiger partial charge in [-0.15, -0.1) is 11.3 Å². The Morgan fingerprint density at radius 3 is 3.15 bits per heavy atom. The highest BCUT2D eigenvalue weighted by molar-refractivity contribution is 7.10. The summed E-state index contributed by atoms with van der Waals surface area (Å²) < 4.78 is 5.74. The molecule has 0 radical (unpaired) electrons. The van der Waals surface area contributed by atoms with Crippen LogP contribution < -0.4 is 5.32 Å². The SMILES string of the molecule is CNC(CCCC1CCCO1)C1CCCc2sccc21. The number of thiophene rings is 1. The summed E-state index contributed by atoms with van der Waals surface area (Å²) >= 11 is 1.95. The molecule has 20 heavy (non-hydrogen) atoms. The molecule has 1 fully saturated rings. The lowest BCUT2D eigenvalue weighted by molar-refractivity contribution is 0.101. The molecule has 1 saturated heterocycles. The lowest BCUT2D eigenvalue weighted by Crippen LogP contribution is -2.33. The van der Waals surface area contributed by atoms with Crippen LogP contribution in [0, 0.1) is 0 Å². The molecule has 0 amide bonds. The molecule has 2 heterocycles. The predicted octanol–water partition coefficient (Wildman–Crippen LogP) is 4.11. The summed E-state index contributed by atoms with van der Waals surface area (Å²) in [6, 6.07) is 3.01. The molecular formula is C17H27NOS. The van der Waals surface area contributed by atoms with Gasteiger partial charge in [0.05, 0.1) is 6.10 Å². The molecule has 3 heteroatoms. The van der Waals surface area contributed by atoms with Gasteiger partial charge in [-0.2, -0.15) is 0 Å². The highest BCUT2D eigenvalue weighted by Gasteiger charge is 2.27. The lowest BCUT2D eigenvalue weighted by atomic mass is 9.80. The largest absolute Gasteiger partial charge is 0.378 e. The second-order valence-corrected chi connectivity index (χ2v) is 7.26.